The molecule has 1 aliphatic heterocycles. The van der Waals surface area contributed by atoms with Crippen LogP contribution in [0.25, 0.3) is 0 Å². The monoisotopic (exact) mass is 218 g/mol. The Bertz CT molecular complexity index is 310. The zero-order valence-electron chi connectivity index (χ0n) is 10.1. The van der Waals surface area contributed by atoms with E-state index in [2.05, 4.69) is 42.2 Å². The summed E-state index contributed by atoms with van der Waals surface area (Å²) in [4.78, 5) is 2.57. The number of benzene rings is 1. The quantitative estimate of drug-likeness (QED) is 0.843. The SMILES string of the molecule is C[C@@H]1[C@@H](CN)CCCN1Cc1ccccc1. The smallest absolute Gasteiger partial charge is 0.0236 e. The standard InChI is InChI=1S/C14H22N2/c1-12-14(10-15)8-5-9-16(12)11-13-6-3-2-4-7-13/h2-4,6-7,12,14H,5,8-11,15H2,1H3/t12-,14-/m1/s1. The van der Waals surface area contributed by atoms with E-state index in [1.165, 1.54) is 24.9 Å². The molecule has 1 fully saturated rings. The van der Waals surface area contributed by atoms with E-state index in [-0.39, 0.29) is 0 Å². The summed E-state index contributed by atoms with van der Waals surface area (Å²) >= 11 is 0. The highest BCUT2D eigenvalue weighted by molar-refractivity contribution is 5.14. The number of hydrogen-bond donors (Lipinski definition) is 1. The number of nitrogens with zero attached hydrogens (tertiary/aromatic N) is 1. The fourth-order valence-corrected chi connectivity index (χ4v) is 2.66. The third-order valence-corrected chi connectivity index (χ3v) is 3.81. The molecule has 1 aromatic rings. The number of hydrogen-bond acceptors (Lipinski definition) is 2. The Morgan fingerprint density at radius 3 is 2.75 bits per heavy atom. The molecule has 2 atom stereocenters. The molecule has 1 saturated heterocycles. The average Bonchev–Trinajstić information content (AvgIpc) is 2.33. The molecule has 1 aliphatic rings. The molecule has 2 nitrogen and oxygen atoms in total. The molecule has 88 valence electrons. The van der Waals surface area contributed by atoms with Gasteiger partial charge in [0.15, 0.2) is 0 Å². The van der Waals surface area contributed by atoms with Crippen LogP contribution in [-0.4, -0.2) is 24.0 Å². The number of piperidine rings is 1. The molecule has 0 saturated carbocycles. The summed E-state index contributed by atoms with van der Waals surface area (Å²) in [6.45, 7) is 5.43. The first-order chi connectivity index (χ1) is 7.81. The zero-order valence-corrected chi connectivity index (χ0v) is 10.1. The molecular weight excluding hydrogens is 196 g/mol. The summed E-state index contributed by atoms with van der Waals surface area (Å²) in [6, 6.07) is 11.3. The molecule has 0 unspecified atom stereocenters. The number of rotatable bonds is 3. The predicted molar refractivity (Wildman–Crippen MR) is 68.1 cm³/mol. The summed E-state index contributed by atoms with van der Waals surface area (Å²) in [5.41, 5.74) is 7.23. The first-order valence-corrected chi connectivity index (χ1v) is 6.29. The van der Waals surface area contributed by atoms with Gasteiger partial charge in [-0.05, 0) is 44.3 Å². The van der Waals surface area contributed by atoms with Crippen LogP contribution in [0.5, 0.6) is 0 Å². The fraction of sp³-hybridized carbons (Fsp3) is 0.571. The van der Waals surface area contributed by atoms with Gasteiger partial charge in [-0.1, -0.05) is 30.3 Å². The van der Waals surface area contributed by atoms with Gasteiger partial charge in [0.25, 0.3) is 0 Å². The molecule has 0 spiro atoms. The molecule has 2 N–H and O–H groups in total. The normalized spacial score (nSPS) is 26.9. The van der Waals surface area contributed by atoms with E-state index in [9.17, 15) is 0 Å². The lowest BCUT2D eigenvalue weighted by atomic mass is 9.90. The zero-order chi connectivity index (χ0) is 11.4. The topological polar surface area (TPSA) is 29.3 Å². The summed E-state index contributed by atoms with van der Waals surface area (Å²) in [5.74, 6) is 0.678. The minimum Gasteiger partial charge on any atom is -0.330 e. The van der Waals surface area contributed by atoms with Crippen LogP contribution < -0.4 is 5.73 Å². The highest BCUT2D eigenvalue weighted by atomic mass is 15.2. The maximum absolute atomic E-state index is 5.82. The molecule has 0 bridgehead atoms. The Labute approximate surface area is 98.4 Å². The summed E-state index contributed by atoms with van der Waals surface area (Å²) < 4.78 is 0. The van der Waals surface area contributed by atoms with Crippen molar-refractivity contribution in [1.82, 2.24) is 4.90 Å². The lowest BCUT2D eigenvalue weighted by Crippen LogP contribution is -2.45. The van der Waals surface area contributed by atoms with Crippen LogP contribution >= 0.6 is 0 Å². The Hall–Kier alpha value is -0.860. The van der Waals surface area contributed by atoms with E-state index in [1.807, 2.05) is 0 Å². The number of nitrogens with two attached hydrogens (primary N) is 1. The van der Waals surface area contributed by atoms with Gasteiger partial charge >= 0.3 is 0 Å². The first-order valence-electron chi connectivity index (χ1n) is 6.29. The fourth-order valence-electron chi connectivity index (χ4n) is 2.66. The molecular formula is C14H22N2. The van der Waals surface area contributed by atoms with Crippen LogP contribution in [-0.2, 0) is 6.54 Å². The van der Waals surface area contributed by atoms with Crippen molar-refractivity contribution in [3.63, 3.8) is 0 Å². The van der Waals surface area contributed by atoms with Gasteiger partial charge in [0.2, 0.25) is 0 Å². The van der Waals surface area contributed by atoms with Crippen molar-refractivity contribution in [2.45, 2.75) is 32.4 Å². The Morgan fingerprint density at radius 1 is 1.31 bits per heavy atom. The molecule has 2 rings (SSSR count). The van der Waals surface area contributed by atoms with Crippen molar-refractivity contribution in [3.05, 3.63) is 35.9 Å². The van der Waals surface area contributed by atoms with Gasteiger partial charge in [0, 0.05) is 12.6 Å². The largest absolute Gasteiger partial charge is 0.330 e. The van der Waals surface area contributed by atoms with Gasteiger partial charge < -0.3 is 5.73 Å². The van der Waals surface area contributed by atoms with E-state index in [4.69, 9.17) is 5.73 Å². The minimum atomic E-state index is 0.624. The maximum atomic E-state index is 5.82. The summed E-state index contributed by atoms with van der Waals surface area (Å²) in [5, 5.41) is 0. The van der Waals surface area contributed by atoms with Crippen molar-refractivity contribution in [3.8, 4) is 0 Å². The molecule has 0 radical (unpaired) electrons. The van der Waals surface area contributed by atoms with E-state index in [0.717, 1.165) is 13.1 Å². The lowest BCUT2D eigenvalue weighted by molar-refractivity contribution is 0.101. The highest BCUT2D eigenvalue weighted by Gasteiger charge is 2.26. The van der Waals surface area contributed by atoms with E-state index >= 15 is 0 Å². The van der Waals surface area contributed by atoms with Crippen molar-refractivity contribution in [2.75, 3.05) is 13.1 Å². The first kappa shape index (κ1) is 11.6. The van der Waals surface area contributed by atoms with Gasteiger partial charge in [0.05, 0.1) is 0 Å². The third-order valence-electron chi connectivity index (χ3n) is 3.81. The van der Waals surface area contributed by atoms with Crippen molar-refractivity contribution in [2.24, 2.45) is 11.7 Å². The van der Waals surface area contributed by atoms with Crippen molar-refractivity contribution in [1.29, 1.82) is 0 Å². The predicted octanol–water partition coefficient (Wildman–Crippen LogP) is 2.25. The van der Waals surface area contributed by atoms with Crippen LogP contribution in [0.2, 0.25) is 0 Å². The van der Waals surface area contributed by atoms with Crippen LogP contribution in [0.15, 0.2) is 30.3 Å². The molecule has 16 heavy (non-hydrogen) atoms. The van der Waals surface area contributed by atoms with Crippen molar-refractivity contribution < 1.29 is 0 Å². The molecule has 0 aromatic heterocycles. The number of likely N-dealkylation sites (tertiary alicyclic amines) is 1. The van der Waals surface area contributed by atoms with Gasteiger partial charge in [-0.3, -0.25) is 4.90 Å². The van der Waals surface area contributed by atoms with Crippen LogP contribution in [0, 0.1) is 5.92 Å². The maximum Gasteiger partial charge on any atom is 0.0236 e. The van der Waals surface area contributed by atoms with Crippen LogP contribution in [0.4, 0.5) is 0 Å². The lowest BCUT2D eigenvalue weighted by Gasteiger charge is -2.39. The second-order valence-corrected chi connectivity index (χ2v) is 4.83. The second kappa shape index (κ2) is 5.46. The Morgan fingerprint density at radius 2 is 2.06 bits per heavy atom. The van der Waals surface area contributed by atoms with E-state index in [0.29, 0.717) is 12.0 Å². The molecule has 1 aromatic carbocycles. The second-order valence-electron chi connectivity index (χ2n) is 4.83. The average molecular weight is 218 g/mol. The third kappa shape index (κ3) is 2.63. The van der Waals surface area contributed by atoms with Crippen molar-refractivity contribution >= 4 is 0 Å². The molecule has 0 aliphatic carbocycles. The van der Waals surface area contributed by atoms with E-state index < -0.39 is 0 Å². The van der Waals surface area contributed by atoms with E-state index in [1.54, 1.807) is 0 Å². The van der Waals surface area contributed by atoms with Gasteiger partial charge in [0.1, 0.15) is 0 Å². The molecule has 0 amide bonds. The molecule has 2 heteroatoms. The molecule has 1 heterocycles. The van der Waals surface area contributed by atoms with Crippen LogP contribution in [0.1, 0.15) is 25.3 Å². The Balaban J connectivity index is 1.99. The summed E-state index contributed by atoms with van der Waals surface area (Å²) in [7, 11) is 0. The van der Waals surface area contributed by atoms with Crippen LogP contribution in [0.3, 0.4) is 0 Å². The van der Waals surface area contributed by atoms with Gasteiger partial charge in [-0.15, -0.1) is 0 Å². The highest BCUT2D eigenvalue weighted by Crippen LogP contribution is 2.24. The Kier molecular flexibility index (Phi) is 3.97. The summed E-state index contributed by atoms with van der Waals surface area (Å²) in [6.07, 6.45) is 2.59. The minimum absolute atomic E-state index is 0.624. The van der Waals surface area contributed by atoms with Gasteiger partial charge in [-0.25, -0.2) is 0 Å². The van der Waals surface area contributed by atoms with Gasteiger partial charge in [-0.2, -0.15) is 0 Å².